The molecule has 1 aromatic carbocycles. The summed E-state index contributed by atoms with van der Waals surface area (Å²) in [5.41, 5.74) is 8.59. The number of carbonyl (C=O) groups excluding carboxylic acids is 1. The van der Waals surface area contributed by atoms with Crippen molar-refractivity contribution in [2.75, 3.05) is 18.9 Å². The predicted molar refractivity (Wildman–Crippen MR) is 106 cm³/mol. The van der Waals surface area contributed by atoms with Gasteiger partial charge >= 0.3 is 5.97 Å². The van der Waals surface area contributed by atoms with Crippen molar-refractivity contribution in [3.8, 4) is 16.9 Å². The number of nitrogens with two attached hydrogens (primary N) is 1. The van der Waals surface area contributed by atoms with E-state index < -0.39 is 0 Å². The molecule has 3 heterocycles. The van der Waals surface area contributed by atoms with Crippen LogP contribution >= 0.6 is 0 Å². The molecular weight excluding hydrogens is 358 g/mol. The summed E-state index contributed by atoms with van der Waals surface area (Å²) in [5, 5.41) is 13.9. The zero-order valence-corrected chi connectivity index (χ0v) is 15.6. The fourth-order valence-electron chi connectivity index (χ4n) is 3.85. The molecule has 1 aliphatic heterocycles. The number of esters is 1. The molecule has 4 rings (SSSR count). The topological polar surface area (TPSA) is 115 Å². The molecule has 8 nitrogen and oxygen atoms in total. The van der Waals surface area contributed by atoms with E-state index in [4.69, 9.17) is 10.5 Å². The number of aromatic nitrogens is 3. The quantitative estimate of drug-likeness (QED) is 0.594. The maximum Gasteiger partial charge on any atom is 0.323 e. The lowest BCUT2D eigenvalue weighted by atomic mass is 9.99. The van der Waals surface area contributed by atoms with Gasteiger partial charge in [-0.2, -0.15) is 0 Å². The number of ether oxygens (including phenoxy) is 1. The van der Waals surface area contributed by atoms with E-state index in [1.54, 1.807) is 25.1 Å². The summed E-state index contributed by atoms with van der Waals surface area (Å²) in [4.78, 5) is 20.8. The molecule has 28 heavy (non-hydrogen) atoms. The number of phenols is 1. The Labute approximate surface area is 162 Å². The molecule has 0 aliphatic carbocycles. The normalized spacial score (nSPS) is 19.6. The van der Waals surface area contributed by atoms with Crippen LogP contribution < -0.4 is 11.1 Å². The number of piperidine rings is 1. The third-order valence-electron chi connectivity index (χ3n) is 5.14. The number of anilines is 1. The standard InChI is InChI=1S/C20H23N5O3/c1-2-28-20(27)16-9-13(6-7-22-16)25-10-15(12-4-3-5-14(26)8-12)17-18(21)23-11-24-19(17)25/h3-5,8,10-11,13,16,22,26H,2,6-7,9H2,1H3,(H2,21,23,24). The van der Waals surface area contributed by atoms with Gasteiger partial charge in [0.05, 0.1) is 12.0 Å². The SMILES string of the molecule is CCOC(=O)C1CC(n2cc(-c3cccc(O)c3)c3c(N)ncnc32)CCN1. The molecule has 0 saturated carbocycles. The van der Waals surface area contributed by atoms with Crippen molar-refractivity contribution in [1.29, 1.82) is 0 Å². The largest absolute Gasteiger partial charge is 0.508 e. The molecule has 8 heteroatoms. The lowest BCUT2D eigenvalue weighted by molar-refractivity contribution is -0.146. The Hall–Kier alpha value is -3.13. The first-order valence-corrected chi connectivity index (χ1v) is 9.39. The Kier molecular flexibility index (Phi) is 4.87. The fraction of sp³-hybridized carbons (Fsp3) is 0.350. The lowest BCUT2D eigenvalue weighted by Crippen LogP contribution is -2.44. The number of nitrogens with one attached hydrogen (secondary N) is 1. The smallest absolute Gasteiger partial charge is 0.323 e. The van der Waals surface area contributed by atoms with Crippen LogP contribution in [0.3, 0.4) is 0 Å². The van der Waals surface area contributed by atoms with Gasteiger partial charge in [-0.25, -0.2) is 9.97 Å². The summed E-state index contributed by atoms with van der Waals surface area (Å²) < 4.78 is 7.25. The number of rotatable bonds is 4. The Balaban J connectivity index is 1.78. The van der Waals surface area contributed by atoms with Crippen LogP contribution in [0.1, 0.15) is 25.8 Å². The molecule has 2 unspecified atom stereocenters. The molecule has 3 aromatic rings. The number of hydrogen-bond donors (Lipinski definition) is 3. The van der Waals surface area contributed by atoms with E-state index in [2.05, 4.69) is 19.9 Å². The van der Waals surface area contributed by atoms with Gasteiger partial charge in [0.1, 0.15) is 29.6 Å². The van der Waals surface area contributed by atoms with Crippen molar-refractivity contribution in [2.45, 2.75) is 31.8 Å². The number of aromatic hydroxyl groups is 1. The van der Waals surface area contributed by atoms with E-state index >= 15 is 0 Å². The zero-order valence-electron chi connectivity index (χ0n) is 15.6. The Morgan fingerprint density at radius 1 is 1.43 bits per heavy atom. The Morgan fingerprint density at radius 3 is 3.07 bits per heavy atom. The van der Waals surface area contributed by atoms with Gasteiger partial charge in [0.25, 0.3) is 0 Å². The molecule has 0 bridgehead atoms. The highest BCUT2D eigenvalue weighted by Crippen LogP contribution is 2.37. The van der Waals surface area contributed by atoms with Gasteiger partial charge in [0, 0.05) is 17.8 Å². The molecule has 0 amide bonds. The average molecular weight is 381 g/mol. The minimum Gasteiger partial charge on any atom is -0.508 e. The lowest BCUT2D eigenvalue weighted by Gasteiger charge is -2.30. The molecule has 1 saturated heterocycles. The third-order valence-corrected chi connectivity index (χ3v) is 5.14. The van der Waals surface area contributed by atoms with Crippen LogP contribution in [-0.2, 0) is 9.53 Å². The van der Waals surface area contributed by atoms with Crippen molar-refractivity contribution in [1.82, 2.24) is 19.9 Å². The number of nitrogen functional groups attached to an aromatic ring is 1. The highest BCUT2D eigenvalue weighted by molar-refractivity contribution is 6.00. The first-order chi connectivity index (χ1) is 13.6. The second-order valence-electron chi connectivity index (χ2n) is 6.89. The van der Waals surface area contributed by atoms with Crippen LogP contribution in [0.2, 0.25) is 0 Å². The van der Waals surface area contributed by atoms with Gasteiger partial charge in [-0.1, -0.05) is 12.1 Å². The number of carbonyl (C=O) groups is 1. The average Bonchev–Trinajstić information content (AvgIpc) is 3.09. The van der Waals surface area contributed by atoms with E-state index in [0.29, 0.717) is 25.4 Å². The van der Waals surface area contributed by atoms with Crippen molar-refractivity contribution in [2.24, 2.45) is 0 Å². The Morgan fingerprint density at radius 2 is 2.29 bits per heavy atom. The summed E-state index contributed by atoms with van der Waals surface area (Å²) in [6.45, 7) is 2.87. The van der Waals surface area contributed by atoms with E-state index in [9.17, 15) is 9.90 Å². The van der Waals surface area contributed by atoms with Crippen LogP contribution in [0.15, 0.2) is 36.8 Å². The highest BCUT2D eigenvalue weighted by atomic mass is 16.5. The maximum absolute atomic E-state index is 12.2. The van der Waals surface area contributed by atoms with E-state index in [0.717, 1.165) is 28.6 Å². The van der Waals surface area contributed by atoms with E-state index in [1.165, 1.54) is 6.33 Å². The van der Waals surface area contributed by atoms with Crippen molar-refractivity contribution >= 4 is 22.8 Å². The second-order valence-corrected chi connectivity index (χ2v) is 6.89. The van der Waals surface area contributed by atoms with Gasteiger partial charge < -0.3 is 25.5 Å². The number of nitrogens with zero attached hydrogens (tertiary/aromatic N) is 3. The van der Waals surface area contributed by atoms with Crippen molar-refractivity contribution in [3.05, 3.63) is 36.8 Å². The number of phenolic OH excluding ortho intramolecular Hbond substituents is 1. The van der Waals surface area contributed by atoms with E-state index in [-0.39, 0.29) is 23.8 Å². The van der Waals surface area contributed by atoms with Gasteiger partial charge in [0.2, 0.25) is 0 Å². The summed E-state index contributed by atoms with van der Waals surface area (Å²) >= 11 is 0. The monoisotopic (exact) mass is 381 g/mol. The number of hydrogen-bond acceptors (Lipinski definition) is 7. The van der Waals surface area contributed by atoms with Gasteiger partial charge in [-0.3, -0.25) is 4.79 Å². The minimum atomic E-state index is -0.348. The minimum absolute atomic E-state index is 0.0681. The molecule has 2 aromatic heterocycles. The second kappa shape index (κ2) is 7.47. The molecule has 1 fully saturated rings. The molecule has 4 N–H and O–H groups in total. The van der Waals surface area contributed by atoms with E-state index in [1.807, 2.05) is 12.3 Å². The zero-order chi connectivity index (χ0) is 19.7. The molecule has 0 radical (unpaired) electrons. The Bertz CT molecular complexity index is 1020. The molecular formula is C20H23N5O3. The van der Waals surface area contributed by atoms with Crippen LogP contribution in [0.4, 0.5) is 5.82 Å². The molecule has 1 aliphatic rings. The van der Waals surface area contributed by atoms with Crippen molar-refractivity contribution in [3.63, 3.8) is 0 Å². The van der Waals surface area contributed by atoms with Gasteiger partial charge in [-0.15, -0.1) is 0 Å². The van der Waals surface area contributed by atoms with Crippen LogP contribution in [0.5, 0.6) is 5.75 Å². The van der Waals surface area contributed by atoms with Crippen LogP contribution in [-0.4, -0.2) is 44.8 Å². The number of benzene rings is 1. The van der Waals surface area contributed by atoms with Gasteiger partial charge in [0.15, 0.2) is 0 Å². The molecule has 146 valence electrons. The predicted octanol–water partition coefficient (Wildman–Crippen LogP) is 2.24. The summed E-state index contributed by atoms with van der Waals surface area (Å²) in [5.74, 6) is 0.335. The van der Waals surface area contributed by atoms with Crippen LogP contribution in [0.25, 0.3) is 22.2 Å². The maximum atomic E-state index is 12.2. The van der Waals surface area contributed by atoms with Gasteiger partial charge in [-0.05, 0) is 44.0 Å². The summed E-state index contributed by atoms with van der Waals surface area (Å²) in [6.07, 6.45) is 4.89. The van der Waals surface area contributed by atoms with Crippen molar-refractivity contribution < 1.29 is 14.6 Å². The summed E-state index contributed by atoms with van der Waals surface area (Å²) in [6, 6.07) is 6.73. The summed E-state index contributed by atoms with van der Waals surface area (Å²) in [7, 11) is 0. The molecule has 0 spiro atoms. The highest BCUT2D eigenvalue weighted by Gasteiger charge is 2.30. The molecule has 2 atom stereocenters. The first kappa shape index (κ1) is 18.2. The number of fused-ring (bicyclic) bond motifs is 1. The fourth-order valence-corrected chi connectivity index (χ4v) is 3.85. The third kappa shape index (κ3) is 3.27. The van der Waals surface area contributed by atoms with Crippen LogP contribution in [0, 0.1) is 0 Å². The first-order valence-electron chi connectivity index (χ1n) is 9.39.